The van der Waals surface area contributed by atoms with Crippen LogP contribution in [-0.4, -0.2) is 44.9 Å². The zero-order valence-corrected chi connectivity index (χ0v) is 11.5. The van der Waals surface area contributed by atoms with Gasteiger partial charge in [-0.15, -0.1) is 0 Å². The van der Waals surface area contributed by atoms with Crippen LogP contribution < -0.4 is 0 Å². The summed E-state index contributed by atoms with van der Waals surface area (Å²) in [7, 11) is 1.82. The van der Waals surface area contributed by atoms with Gasteiger partial charge in [-0.1, -0.05) is 20.8 Å². The van der Waals surface area contributed by atoms with Crippen LogP contribution >= 0.6 is 0 Å². The van der Waals surface area contributed by atoms with Gasteiger partial charge in [0.05, 0.1) is 17.4 Å². The Hall–Kier alpha value is -1.36. The molecule has 1 aliphatic rings. The summed E-state index contributed by atoms with van der Waals surface area (Å²) in [5.74, 6) is -0.0235. The highest BCUT2D eigenvalue weighted by Crippen LogP contribution is 2.26. The number of aliphatic hydroxyl groups excluding tert-OH is 1. The Labute approximate surface area is 107 Å². The number of β-amino-alcohol motifs (C(OH)–C–C–N with tert-alkyl or cyclic N) is 1. The molecular formula is C13H21N3O2. The molecule has 1 aromatic rings. The van der Waals surface area contributed by atoms with Crippen LogP contribution in [0.2, 0.25) is 0 Å². The average Bonchev–Trinajstić information content (AvgIpc) is 2.82. The molecule has 2 heterocycles. The van der Waals surface area contributed by atoms with Crippen molar-refractivity contribution >= 4 is 5.91 Å². The summed E-state index contributed by atoms with van der Waals surface area (Å²) in [6, 6.07) is 0. The summed E-state index contributed by atoms with van der Waals surface area (Å²) in [6.07, 6.45) is 2.05. The molecule has 18 heavy (non-hydrogen) atoms. The first-order valence-electron chi connectivity index (χ1n) is 6.30. The molecule has 0 aromatic carbocycles. The number of aliphatic hydroxyl groups is 1. The Balaban J connectivity index is 2.30. The highest BCUT2D eigenvalue weighted by molar-refractivity contribution is 5.95. The second-order valence-corrected chi connectivity index (χ2v) is 6.01. The summed E-state index contributed by atoms with van der Waals surface area (Å²) < 4.78 is 1.68. The van der Waals surface area contributed by atoms with E-state index in [1.165, 1.54) is 0 Å². The van der Waals surface area contributed by atoms with E-state index >= 15 is 0 Å². The van der Waals surface area contributed by atoms with Gasteiger partial charge in [0, 0.05) is 31.7 Å². The molecule has 1 aromatic heterocycles. The zero-order chi connectivity index (χ0) is 13.5. The second kappa shape index (κ2) is 4.39. The molecule has 1 fully saturated rings. The number of aryl methyl sites for hydroxylation is 1. The summed E-state index contributed by atoms with van der Waals surface area (Å²) in [5, 5.41) is 13.9. The largest absolute Gasteiger partial charge is 0.391 e. The molecule has 0 unspecified atom stereocenters. The molecule has 0 spiro atoms. The van der Waals surface area contributed by atoms with Gasteiger partial charge in [0.2, 0.25) is 0 Å². The first-order valence-corrected chi connectivity index (χ1v) is 6.30. The number of hydrogen-bond donors (Lipinski definition) is 1. The van der Waals surface area contributed by atoms with Crippen LogP contribution in [0, 0.1) is 0 Å². The van der Waals surface area contributed by atoms with Crippen molar-refractivity contribution in [3.63, 3.8) is 0 Å². The first-order chi connectivity index (χ1) is 8.29. The standard InChI is InChI=1S/C13H21N3O2/c1-13(2,3)11-10(8-15(4)14-11)12(18)16-6-5-9(17)7-16/h8-9,17H,5-7H2,1-4H3/t9-/m1/s1. The van der Waals surface area contributed by atoms with Crippen LogP contribution in [0.4, 0.5) is 0 Å². The predicted molar refractivity (Wildman–Crippen MR) is 68.4 cm³/mol. The van der Waals surface area contributed by atoms with E-state index in [-0.39, 0.29) is 17.4 Å². The molecular weight excluding hydrogens is 230 g/mol. The van der Waals surface area contributed by atoms with E-state index in [9.17, 15) is 9.90 Å². The summed E-state index contributed by atoms with van der Waals surface area (Å²) >= 11 is 0. The molecule has 0 bridgehead atoms. The lowest BCUT2D eigenvalue weighted by Crippen LogP contribution is -2.31. The molecule has 1 amide bonds. The molecule has 100 valence electrons. The van der Waals surface area contributed by atoms with Crippen molar-refractivity contribution in [2.24, 2.45) is 7.05 Å². The van der Waals surface area contributed by atoms with Crippen LogP contribution in [-0.2, 0) is 12.5 Å². The third-order valence-electron chi connectivity index (χ3n) is 3.22. The lowest BCUT2D eigenvalue weighted by atomic mass is 9.89. The number of amides is 1. The van der Waals surface area contributed by atoms with E-state index in [2.05, 4.69) is 5.10 Å². The van der Waals surface area contributed by atoms with E-state index in [1.54, 1.807) is 15.8 Å². The van der Waals surface area contributed by atoms with Crippen molar-refractivity contribution in [2.75, 3.05) is 13.1 Å². The molecule has 1 aliphatic heterocycles. The van der Waals surface area contributed by atoms with Gasteiger partial charge in [0.1, 0.15) is 0 Å². The number of carbonyl (C=O) groups is 1. The normalized spacial score (nSPS) is 20.5. The molecule has 5 nitrogen and oxygen atoms in total. The number of nitrogens with zero attached hydrogens (tertiary/aromatic N) is 3. The molecule has 0 saturated carbocycles. The van der Waals surface area contributed by atoms with Crippen LogP contribution in [0.3, 0.4) is 0 Å². The topological polar surface area (TPSA) is 58.4 Å². The maximum absolute atomic E-state index is 12.4. The highest BCUT2D eigenvalue weighted by atomic mass is 16.3. The predicted octanol–water partition coefficient (Wildman–Crippen LogP) is 0.924. The van der Waals surface area contributed by atoms with Gasteiger partial charge in [-0.2, -0.15) is 5.10 Å². The Kier molecular flexibility index (Phi) is 3.19. The monoisotopic (exact) mass is 251 g/mol. The van der Waals surface area contributed by atoms with Crippen molar-refractivity contribution in [1.29, 1.82) is 0 Å². The van der Waals surface area contributed by atoms with Crippen LogP contribution in [0.1, 0.15) is 43.2 Å². The minimum Gasteiger partial charge on any atom is -0.391 e. The van der Waals surface area contributed by atoms with Crippen molar-refractivity contribution in [3.05, 3.63) is 17.5 Å². The Morgan fingerprint density at radius 3 is 2.67 bits per heavy atom. The Morgan fingerprint density at radius 2 is 2.17 bits per heavy atom. The smallest absolute Gasteiger partial charge is 0.257 e. The fourth-order valence-corrected chi connectivity index (χ4v) is 2.30. The van der Waals surface area contributed by atoms with Gasteiger partial charge >= 0.3 is 0 Å². The van der Waals surface area contributed by atoms with Gasteiger partial charge < -0.3 is 10.0 Å². The zero-order valence-electron chi connectivity index (χ0n) is 11.5. The maximum Gasteiger partial charge on any atom is 0.257 e. The van der Waals surface area contributed by atoms with Gasteiger partial charge in [0.15, 0.2) is 0 Å². The van der Waals surface area contributed by atoms with Crippen LogP contribution in [0.25, 0.3) is 0 Å². The molecule has 2 rings (SSSR count). The quantitative estimate of drug-likeness (QED) is 0.807. The lowest BCUT2D eigenvalue weighted by molar-refractivity contribution is 0.0762. The fourth-order valence-electron chi connectivity index (χ4n) is 2.30. The molecule has 0 aliphatic carbocycles. The van der Waals surface area contributed by atoms with E-state index in [0.29, 0.717) is 25.1 Å². The number of carbonyl (C=O) groups excluding carboxylic acids is 1. The van der Waals surface area contributed by atoms with Crippen LogP contribution in [0.15, 0.2) is 6.20 Å². The molecule has 5 heteroatoms. The third kappa shape index (κ3) is 2.41. The van der Waals surface area contributed by atoms with Crippen molar-refractivity contribution in [1.82, 2.24) is 14.7 Å². The van der Waals surface area contributed by atoms with Gasteiger partial charge in [-0.25, -0.2) is 0 Å². The Bertz CT molecular complexity index is 459. The van der Waals surface area contributed by atoms with E-state index in [1.807, 2.05) is 27.8 Å². The summed E-state index contributed by atoms with van der Waals surface area (Å²) in [6.45, 7) is 7.19. The molecule has 1 N–H and O–H groups in total. The minimum atomic E-state index is -0.385. The summed E-state index contributed by atoms with van der Waals surface area (Å²) in [4.78, 5) is 14.1. The highest BCUT2D eigenvalue weighted by Gasteiger charge is 2.31. The van der Waals surface area contributed by atoms with Crippen molar-refractivity contribution in [2.45, 2.75) is 38.7 Å². The van der Waals surface area contributed by atoms with Gasteiger partial charge in [-0.3, -0.25) is 9.48 Å². The van der Waals surface area contributed by atoms with E-state index in [0.717, 1.165) is 5.69 Å². The second-order valence-electron chi connectivity index (χ2n) is 6.01. The molecule has 1 saturated heterocycles. The minimum absolute atomic E-state index is 0.0235. The average molecular weight is 251 g/mol. The SMILES string of the molecule is Cn1cc(C(=O)N2CC[C@@H](O)C2)c(C(C)(C)C)n1. The number of hydrogen-bond acceptors (Lipinski definition) is 3. The maximum atomic E-state index is 12.4. The fraction of sp³-hybridized carbons (Fsp3) is 0.692. The lowest BCUT2D eigenvalue weighted by Gasteiger charge is -2.20. The van der Waals surface area contributed by atoms with Gasteiger partial charge in [-0.05, 0) is 6.42 Å². The van der Waals surface area contributed by atoms with Crippen molar-refractivity contribution < 1.29 is 9.90 Å². The number of likely N-dealkylation sites (tertiary alicyclic amines) is 1. The number of rotatable bonds is 1. The third-order valence-corrected chi connectivity index (χ3v) is 3.22. The van der Waals surface area contributed by atoms with Crippen LogP contribution in [0.5, 0.6) is 0 Å². The molecule has 0 radical (unpaired) electrons. The Morgan fingerprint density at radius 1 is 1.50 bits per heavy atom. The van der Waals surface area contributed by atoms with E-state index < -0.39 is 0 Å². The van der Waals surface area contributed by atoms with E-state index in [4.69, 9.17) is 0 Å². The number of aromatic nitrogens is 2. The van der Waals surface area contributed by atoms with Gasteiger partial charge in [0.25, 0.3) is 5.91 Å². The molecule has 1 atom stereocenters. The first kappa shape index (κ1) is 13.1. The van der Waals surface area contributed by atoms with Crippen molar-refractivity contribution in [3.8, 4) is 0 Å². The summed E-state index contributed by atoms with van der Waals surface area (Å²) in [5.41, 5.74) is 1.31.